The van der Waals surface area contributed by atoms with Crippen LogP contribution in [-0.4, -0.2) is 41.6 Å². The number of amidine groups is 1. The van der Waals surface area contributed by atoms with E-state index in [1.165, 1.54) is 0 Å². The van der Waals surface area contributed by atoms with Gasteiger partial charge in [0.2, 0.25) is 0 Å². The smallest absolute Gasteiger partial charge is 0.0905 e. The SMILES string of the molecule is CN(CCCC(=N)N)C(C)(C)CO. The van der Waals surface area contributed by atoms with Crippen LogP contribution in [0.2, 0.25) is 0 Å². The third kappa shape index (κ3) is 4.85. The second-order valence-electron chi connectivity index (χ2n) is 4.02. The lowest BCUT2D eigenvalue weighted by molar-refractivity contribution is 0.0786. The van der Waals surface area contributed by atoms with Gasteiger partial charge in [0, 0.05) is 12.0 Å². The molecular formula is C9H21N3O. The summed E-state index contributed by atoms with van der Waals surface area (Å²) in [5.74, 6) is 0.232. The predicted molar refractivity (Wildman–Crippen MR) is 54.9 cm³/mol. The Morgan fingerprint density at radius 3 is 2.46 bits per heavy atom. The van der Waals surface area contributed by atoms with E-state index in [9.17, 15) is 0 Å². The summed E-state index contributed by atoms with van der Waals surface area (Å²) in [6.45, 7) is 4.97. The fourth-order valence-corrected chi connectivity index (χ4v) is 0.930. The molecule has 0 heterocycles. The maximum absolute atomic E-state index is 9.06. The van der Waals surface area contributed by atoms with Gasteiger partial charge < -0.3 is 10.8 Å². The lowest BCUT2D eigenvalue weighted by atomic mass is 10.0. The van der Waals surface area contributed by atoms with Crippen molar-refractivity contribution < 1.29 is 5.11 Å². The maximum Gasteiger partial charge on any atom is 0.0905 e. The third-order valence-electron chi connectivity index (χ3n) is 2.36. The lowest BCUT2D eigenvalue weighted by Crippen LogP contribution is -2.44. The molecule has 0 aromatic heterocycles. The Hall–Kier alpha value is -0.610. The summed E-state index contributed by atoms with van der Waals surface area (Å²) in [6, 6.07) is 0. The van der Waals surface area contributed by atoms with Gasteiger partial charge in [-0.05, 0) is 33.9 Å². The van der Waals surface area contributed by atoms with E-state index in [0.717, 1.165) is 13.0 Å². The highest BCUT2D eigenvalue weighted by Crippen LogP contribution is 2.11. The van der Waals surface area contributed by atoms with Gasteiger partial charge in [0.1, 0.15) is 0 Å². The summed E-state index contributed by atoms with van der Waals surface area (Å²) < 4.78 is 0. The molecule has 0 amide bonds. The maximum atomic E-state index is 9.06. The summed E-state index contributed by atoms with van der Waals surface area (Å²) in [5.41, 5.74) is 5.05. The Bertz CT molecular complexity index is 168. The number of aliphatic hydroxyl groups is 1. The summed E-state index contributed by atoms with van der Waals surface area (Å²) in [5, 5.41) is 16.1. The normalized spacial score (nSPS) is 12.1. The van der Waals surface area contributed by atoms with E-state index >= 15 is 0 Å². The van der Waals surface area contributed by atoms with E-state index in [1.807, 2.05) is 20.9 Å². The van der Waals surface area contributed by atoms with Gasteiger partial charge in [-0.2, -0.15) is 0 Å². The molecule has 0 bridgehead atoms. The van der Waals surface area contributed by atoms with Crippen LogP contribution >= 0.6 is 0 Å². The Morgan fingerprint density at radius 1 is 1.54 bits per heavy atom. The van der Waals surface area contributed by atoms with Gasteiger partial charge >= 0.3 is 0 Å². The minimum absolute atomic E-state index is 0.142. The molecule has 0 atom stereocenters. The number of rotatable bonds is 6. The van der Waals surface area contributed by atoms with Crippen LogP contribution in [0.25, 0.3) is 0 Å². The zero-order chi connectivity index (χ0) is 10.5. The first-order chi connectivity index (χ1) is 5.90. The first-order valence-corrected chi connectivity index (χ1v) is 4.55. The molecule has 0 aliphatic carbocycles. The topological polar surface area (TPSA) is 73.3 Å². The Kier molecular flexibility index (Phi) is 4.95. The van der Waals surface area contributed by atoms with E-state index in [2.05, 4.69) is 4.90 Å². The summed E-state index contributed by atoms with van der Waals surface area (Å²) in [6.07, 6.45) is 1.50. The van der Waals surface area contributed by atoms with Crippen molar-refractivity contribution in [3.8, 4) is 0 Å². The molecule has 4 nitrogen and oxygen atoms in total. The molecule has 0 aromatic rings. The van der Waals surface area contributed by atoms with Crippen LogP contribution < -0.4 is 5.73 Å². The van der Waals surface area contributed by atoms with E-state index in [1.54, 1.807) is 0 Å². The molecule has 4 N–H and O–H groups in total. The minimum atomic E-state index is -0.184. The fourth-order valence-electron chi connectivity index (χ4n) is 0.930. The second-order valence-corrected chi connectivity index (χ2v) is 4.02. The van der Waals surface area contributed by atoms with Gasteiger partial charge in [-0.3, -0.25) is 10.3 Å². The molecule has 0 fully saturated rings. The average Bonchev–Trinajstić information content (AvgIpc) is 2.03. The molecule has 0 unspecified atom stereocenters. The number of hydrogen-bond donors (Lipinski definition) is 3. The molecule has 0 radical (unpaired) electrons. The molecule has 0 aliphatic rings. The standard InChI is InChI=1S/C9H21N3O/c1-9(2,7-13)12(3)6-4-5-8(10)11/h13H,4-7H2,1-3H3,(H3,10,11). The van der Waals surface area contributed by atoms with Gasteiger partial charge in [-0.15, -0.1) is 0 Å². The summed E-state index contributed by atoms with van der Waals surface area (Å²) >= 11 is 0. The first-order valence-electron chi connectivity index (χ1n) is 4.55. The van der Waals surface area contributed by atoms with E-state index < -0.39 is 0 Å². The Labute approximate surface area is 80.2 Å². The van der Waals surface area contributed by atoms with Gasteiger partial charge in [0.15, 0.2) is 0 Å². The average molecular weight is 187 g/mol. The highest BCUT2D eigenvalue weighted by molar-refractivity contribution is 5.76. The molecule has 13 heavy (non-hydrogen) atoms. The molecule has 0 spiro atoms. The van der Waals surface area contributed by atoms with Gasteiger partial charge in [-0.1, -0.05) is 0 Å². The number of nitrogens with zero attached hydrogens (tertiary/aromatic N) is 1. The van der Waals surface area contributed by atoms with Crippen molar-refractivity contribution in [2.24, 2.45) is 5.73 Å². The van der Waals surface area contributed by atoms with Crippen LogP contribution in [0.5, 0.6) is 0 Å². The third-order valence-corrected chi connectivity index (χ3v) is 2.36. The van der Waals surface area contributed by atoms with Crippen molar-refractivity contribution in [3.63, 3.8) is 0 Å². The minimum Gasteiger partial charge on any atom is -0.394 e. The van der Waals surface area contributed by atoms with Crippen LogP contribution in [0, 0.1) is 5.41 Å². The van der Waals surface area contributed by atoms with Crippen molar-refractivity contribution >= 4 is 5.84 Å². The quantitative estimate of drug-likeness (QED) is 0.416. The van der Waals surface area contributed by atoms with Crippen molar-refractivity contribution in [1.29, 1.82) is 5.41 Å². The number of aliphatic hydroxyl groups excluding tert-OH is 1. The van der Waals surface area contributed by atoms with Crippen molar-refractivity contribution in [3.05, 3.63) is 0 Å². The molecule has 0 aromatic carbocycles. The summed E-state index contributed by atoms with van der Waals surface area (Å²) in [7, 11) is 1.97. The molecule has 0 aliphatic heterocycles. The molecule has 0 rings (SSSR count). The number of hydrogen-bond acceptors (Lipinski definition) is 3. The van der Waals surface area contributed by atoms with Crippen molar-refractivity contribution in [2.75, 3.05) is 20.2 Å². The van der Waals surface area contributed by atoms with Crippen molar-refractivity contribution in [1.82, 2.24) is 4.90 Å². The van der Waals surface area contributed by atoms with Gasteiger partial charge in [0.25, 0.3) is 0 Å². The first kappa shape index (κ1) is 12.4. The second kappa shape index (κ2) is 5.19. The molecule has 4 heteroatoms. The monoisotopic (exact) mass is 187 g/mol. The largest absolute Gasteiger partial charge is 0.394 e. The van der Waals surface area contributed by atoms with E-state index in [0.29, 0.717) is 6.42 Å². The van der Waals surface area contributed by atoms with Crippen LogP contribution in [-0.2, 0) is 0 Å². The lowest BCUT2D eigenvalue weighted by Gasteiger charge is -2.33. The predicted octanol–water partition coefficient (Wildman–Crippen LogP) is 0.405. The molecular weight excluding hydrogens is 166 g/mol. The fraction of sp³-hybridized carbons (Fsp3) is 0.889. The Morgan fingerprint density at radius 2 is 2.08 bits per heavy atom. The number of nitrogens with two attached hydrogens (primary N) is 1. The Balaban J connectivity index is 3.74. The van der Waals surface area contributed by atoms with Crippen LogP contribution in [0.1, 0.15) is 26.7 Å². The van der Waals surface area contributed by atoms with Crippen molar-refractivity contribution in [2.45, 2.75) is 32.2 Å². The zero-order valence-electron chi connectivity index (χ0n) is 8.80. The van der Waals surface area contributed by atoms with Crippen LogP contribution in [0.3, 0.4) is 0 Å². The molecule has 0 saturated heterocycles. The summed E-state index contributed by atoms with van der Waals surface area (Å²) in [4.78, 5) is 2.08. The van der Waals surface area contributed by atoms with E-state index in [4.69, 9.17) is 16.2 Å². The molecule has 0 saturated carbocycles. The van der Waals surface area contributed by atoms with Crippen LogP contribution in [0.4, 0.5) is 0 Å². The zero-order valence-corrected chi connectivity index (χ0v) is 8.80. The van der Waals surface area contributed by atoms with Gasteiger partial charge in [-0.25, -0.2) is 0 Å². The van der Waals surface area contributed by atoms with E-state index in [-0.39, 0.29) is 18.0 Å². The highest BCUT2D eigenvalue weighted by Gasteiger charge is 2.21. The highest BCUT2D eigenvalue weighted by atomic mass is 16.3. The molecule has 78 valence electrons. The van der Waals surface area contributed by atoms with Gasteiger partial charge in [0.05, 0.1) is 12.4 Å². The van der Waals surface area contributed by atoms with Crippen LogP contribution in [0.15, 0.2) is 0 Å². The number of likely N-dealkylation sites (N-methyl/N-ethyl adjacent to an activating group) is 1. The number of nitrogens with one attached hydrogen (secondary N) is 1.